The fourth-order valence-corrected chi connectivity index (χ4v) is 4.33. The van der Waals surface area contributed by atoms with Gasteiger partial charge in [0.15, 0.2) is 12.1 Å². The number of hydrogen-bond donors (Lipinski definition) is 2. The van der Waals surface area contributed by atoms with E-state index in [4.69, 9.17) is 21.1 Å². The number of thioether (sulfide) groups is 1. The van der Waals surface area contributed by atoms with Gasteiger partial charge in [-0.25, -0.2) is 4.79 Å². The number of carbonyl (C=O) groups excluding carboxylic acids is 2. The molecule has 30 heavy (non-hydrogen) atoms. The third kappa shape index (κ3) is 5.93. The first-order chi connectivity index (χ1) is 14.4. The van der Waals surface area contributed by atoms with E-state index in [2.05, 4.69) is 26.6 Å². The highest BCUT2D eigenvalue weighted by molar-refractivity contribution is 9.10. The summed E-state index contributed by atoms with van der Waals surface area (Å²) in [5.74, 6) is -0.0660. The van der Waals surface area contributed by atoms with Crippen LogP contribution in [0, 0.1) is 6.92 Å². The summed E-state index contributed by atoms with van der Waals surface area (Å²) in [4.78, 5) is 24.4. The molecule has 3 rings (SSSR count). The van der Waals surface area contributed by atoms with E-state index in [0.29, 0.717) is 26.8 Å². The van der Waals surface area contributed by atoms with Crippen molar-refractivity contribution >= 4 is 62.9 Å². The number of halogens is 2. The van der Waals surface area contributed by atoms with Gasteiger partial charge in [-0.15, -0.1) is 0 Å². The minimum absolute atomic E-state index is 0.157. The van der Waals surface area contributed by atoms with Crippen molar-refractivity contribution in [2.45, 2.75) is 19.3 Å². The Kier molecular flexibility index (Phi) is 7.69. The molecule has 0 aromatic heterocycles. The summed E-state index contributed by atoms with van der Waals surface area (Å²) < 4.78 is 11.0. The highest BCUT2D eigenvalue weighted by Crippen LogP contribution is 2.33. The standard InChI is InChI=1S/C21H20BrClN2O4S/c1-3-28-19(26)11-29-17-7-5-13(8-15(17)22)9-18-20(27)25-21(30-18)24-16-10-14(23)6-4-12(16)2/h4-10,21,24H,3,11H2,1-2H3,(H,25,27)/b18-9-. The average Bonchev–Trinajstić information content (AvgIpc) is 3.03. The van der Waals surface area contributed by atoms with Gasteiger partial charge in [0.25, 0.3) is 5.91 Å². The van der Waals surface area contributed by atoms with Gasteiger partial charge >= 0.3 is 5.97 Å². The Labute approximate surface area is 192 Å². The van der Waals surface area contributed by atoms with Crippen LogP contribution in [0.3, 0.4) is 0 Å². The summed E-state index contributed by atoms with van der Waals surface area (Å²) in [6.07, 6.45) is 1.80. The maximum Gasteiger partial charge on any atom is 0.344 e. The van der Waals surface area contributed by atoms with Gasteiger partial charge in [0.1, 0.15) is 5.75 Å². The molecular weight excluding hydrogens is 492 g/mol. The van der Waals surface area contributed by atoms with E-state index in [-0.39, 0.29) is 18.0 Å². The van der Waals surface area contributed by atoms with Gasteiger partial charge in [0.05, 0.1) is 16.0 Å². The van der Waals surface area contributed by atoms with Gasteiger partial charge in [-0.05, 0) is 71.2 Å². The zero-order valence-electron chi connectivity index (χ0n) is 16.3. The van der Waals surface area contributed by atoms with Gasteiger partial charge in [0, 0.05) is 10.7 Å². The van der Waals surface area contributed by atoms with E-state index >= 15 is 0 Å². The molecule has 0 bridgehead atoms. The van der Waals surface area contributed by atoms with Crippen LogP contribution in [0.15, 0.2) is 45.8 Å². The molecule has 0 saturated carbocycles. The van der Waals surface area contributed by atoms with Gasteiger partial charge in [0.2, 0.25) is 0 Å². The van der Waals surface area contributed by atoms with E-state index < -0.39 is 5.97 Å². The second kappa shape index (κ2) is 10.2. The minimum Gasteiger partial charge on any atom is -0.481 e. The smallest absolute Gasteiger partial charge is 0.344 e. The van der Waals surface area contributed by atoms with Gasteiger partial charge < -0.3 is 20.1 Å². The molecule has 0 radical (unpaired) electrons. The van der Waals surface area contributed by atoms with Crippen LogP contribution in [0.25, 0.3) is 6.08 Å². The Balaban J connectivity index is 1.66. The van der Waals surface area contributed by atoms with E-state index in [9.17, 15) is 9.59 Å². The van der Waals surface area contributed by atoms with Crippen molar-refractivity contribution in [2.75, 3.05) is 18.5 Å². The maximum absolute atomic E-state index is 12.4. The molecule has 6 nitrogen and oxygen atoms in total. The summed E-state index contributed by atoms with van der Waals surface area (Å²) in [5, 5.41) is 6.82. The minimum atomic E-state index is -0.428. The molecule has 1 unspecified atom stereocenters. The molecule has 1 fully saturated rings. The number of nitrogens with one attached hydrogen (secondary N) is 2. The monoisotopic (exact) mass is 510 g/mol. The van der Waals surface area contributed by atoms with E-state index in [1.165, 1.54) is 11.8 Å². The lowest BCUT2D eigenvalue weighted by molar-refractivity contribution is -0.145. The molecular formula is C21H20BrClN2O4S. The third-order valence-electron chi connectivity index (χ3n) is 4.12. The second-order valence-corrected chi connectivity index (χ2v) is 8.80. The summed E-state index contributed by atoms with van der Waals surface area (Å²) in [7, 11) is 0. The first-order valence-corrected chi connectivity index (χ1v) is 11.2. The number of rotatable bonds is 7. The number of ether oxygens (including phenoxy) is 2. The first kappa shape index (κ1) is 22.5. The second-order valence-electron chi connectivity index (χ2n) is 6.37. The Morgan fingerprint density at radius 1 is 1.33 bits per heavy atom. The van der Waals surface area contributed by atoms with Gasteiger partial charge in [-0.1, -0.05) is 35.5 Å². The fourth-order valence-electron chi connectivity index (χ4n) is 2.67. The van der Waals surface area contributed by atoms with Crippen LogP contribution >= 0.6 is 39.3 Å². The average molecular weight is 512 g/mol. The molecule has 0 spiro atoms. The summed E-state index contributed by atoms with van der Waals surface area (Å²) >= 11 is 10.9. The molecule has 1 aliphatic heterocycles. The van der Waals surface area contributed by atoms with Crippen molar-refractivity contribution in [2.24, 2.45) is 0 Å². The van der Waals surface area contributed by atoms with E-state index in [0.717, 1.165) is 16.8 Å². The van der Waals surface area contributed by atoms with Crippen molar-refractivity contribution in [1.29, 1.82) is 0 Å². The Morgan fingerprint density at radius 3 is 2.87 bits per heavy atom. The highest BCUT2D eigenvalue weighted by atomic mass is 79.9. The van der Waals surface area contributed by atoms with Gasteiger partial charge in [-0.3, -0.25) is 4.79 Å². The van der Waals surface area contributed by atoms with Crippen LogP contribution in [-0.4, -0.2) is 30.6 Å². The van der Waals surface area contributed by atoms with E-state index in [1.807, 2.05) is 37.3 Å². The van der Waals surface area contributed by atoms with Crippen LogP contribution < -0.4 is 15.4 Å². The topological polar surface area (TPSA) is 76.7 Å². The zero-order valence-corrected chi connectivity index (χ0v) is 19.5. The zero-order chi connectivity index (χ0) is 21.7. The highest BCUT2D eigenvalue weighted by Gasteiger charge is 2.27. The van der Waals surface area contributed by atoms with Crippen LogP contribution in [0.1, 0.15) is 18.1 Å². The quantitative estimate of drug-likeness (QED) is 0.404. The molecule has 2 N–H and O–H groups in total. The molecule has 158 valence electrons. The molecule has 9 heteroatoms. The largest absolute Gasteiger partial charge is 0.481 e. The van der Waals surface area contributed by atoms with Crippen molar-refractivity contribution in [3.8, 4) is 5.75 Å². The summed E-state index contributed by atoms with van der Waals surface area (Å²) in [5.41, 5.74) is 2.43. The van der Waals surface area contributed by atoms with Crippen molar-refractivity contribution < 1.29 is 19.1 Å². The van der Waals surface area contributed by atoms with Crippen LogP contribution in [0.2, 0.25) is 5.02 Å². The Bertz CT molecular complexity index is 999. The third-order valence-corrected chi connectivity index (χ3v) is 6.00. The molecule has 1 heterocycles. The number of carbonyl (C=O) groups is 2. The number of benzene rings is 2. The molecule has 2 aromatic carbocycles. The predicted molar refractivity (Wildman–Crippen MR) is 124 cm³/mol. The van der Waals surface area contributed by atoms with Crippen LogP contribution in [0.5, 0.6) is 5.75 Å². The number of hydrogen-bond acceptors (Lipinski definition) is 6. The molecule has 0 aliphatic carbocycles. The fraction of sp³-hybridized carbons (Fsp3) is 0.238. The number of aryl methyl sites for hydroxylation is 1. The number of anilines is 1. The maximum atomic E-state index is 12.4. The molecule has 1 saturated heterocycles. The lowest BCUT2D eigenvalue weighted by Gasteiger charge is -2.15. The van der Waals surface area contributed by atoms with Gasteiger partial charge in [-0.2, -0.15) is 0 Å². The summed E-state index contributed by atoms with van der Waals surface area (Å²) in [6.45, 7) is 3.85. The Morgan fingerprint density at radius 2 is 2.13 bits per heavy atom. The normalized spacial score (nSPS) is 17.0. The summed E-state index contributed by atoms with van der Waals surface area (Å²) in [6, 6.07) is 10.9. The lowest BCUT2D eigenvalue weighted by atomic mass is 10.2. The predicted octanol–water partition coefficient (Wildman–Crippen LogP) is 4.95. The molecule has 1 atom stereocenters. The number of amides is 1. The van der Waals surface area contributed by atoms with Crippen molar-refractivity contribution in [3.05, 3.63) is 61.9 Å². The van der Waals surface area contributed by atoms with Crippen molar-refractivity contribution in [1.82, 2.24) is 5.32 Å². The molecule has 1 aliphatic rings. The molecule has 2 aromatic rings. The van der Waals surface area contributed by atoms with Crippen LogP contribution in [-0.2, 0) is 14.3 Å². The lowest BCUT2D eigenvalue weighted by Crippen LogP contribution is -2.31. The first-order valence-electron chi connectivity index (χ1n) is 9.15. The molecule has 1 amide bonds. The van der Waals surface area contributed by atoms with E-state index in [1.54, 1.807) is 19.1 Å². The van der Waals surface area contributed by atoms with Crippen LogP contribution in [0.4, 0.5) is 5.69 Å². The van der Waals surface area contributed by atoms with Crippen molar-refractivity contribution in [3.63, 3.8) is 0 Å². The SMILES string of the molecule is CCOC(=O)COc1ccc(/C=C2\SC(Nc3cc(Cl)ccc3C)NC2=O)cc1Br. The number of esters is 1. The Hall–Kier alpha value is -2.16.